The number of carbonyl (C=O) groups excluding carboxylic acids is 2. The molecule has 0 saturated carbocycles. The first-order valence-corrected chi connectivity index (χ1v) is 11.9. The molecule has 2 heterocycles. The second-order valence-electron chi connectivity index (χ2n) is 8.62. The highest BCUT2D eigenvalue weighted by molar-refractivity contribution is 6.24. The number of hydroxylamine groups is 1. The first-order valence-electron chi connectivity index (χ1n) is 11.9. The molecule has 0 unspecified atom stereocenters. The van der Waals surface area contributed by atoms with Crippen molar-refractivity contribution in [2.24, 2.45) is 5.92 Å². The van der Waals surface area contributed by atoms with Gasteiger partial charge >= 0.3 is 0 Å². The number of nitrogens with zero attached hydrogens (tertiary/aromatic N) is 3. The summed E-state index contributed by atoms with van der Waals surface area (Å²) in [5.41, 5.74) is 0.744. The Labute approximate surface area is 218 Å². The Kier molecular flexibility index (Phi) is 6.60. The third kappa shape index (κ3) is 4.06. The van der Waals surface area contributed by atoms with E-state index in [-0.39, 0.29) is 22.7 Å². The van der Waals surface area contributed by atoms with Crippen molar-refractivity contribution in [1.82, 2.24) is 0 Å². The average Bonchev–Trinajstić information content (AvgIpc) is 3.44. The molecule has 3 atom stereocenters. The molecule has 0 N–H and O–H groups in total. The number of carbonyl (C=O) groups is 2. The van der Waals surface area contributed by atoms with E-state index >= 15 is 0 Å². The smallest absolute Gasteiger partial charge is 0.278 e. The predicted octanol–water partition coefficient (Wildman–Crippen LogP) is 4.06. The van der Waals surface area contributed by atoms with Crippen LogP contribution < -0.4 is 24.2 Å². The molecule has 0 spiro atoms. The van der Waals surface area contributed by atoms with Crippen molar-refractivity contribution in [2.45, 2.75) is 19.1 Å². The first-order chi connectivity index (χ1) is 18.4. The van der Waals surface area contributed by atoms with Crippen LogP contribution in [0.3, 0.4) is 0 Å². The summed E-state index contributed by atoms with van der Waals surface area (Å²) in [4.78, 5) is 46.2. The lowest BCUT2D eigenvalue weighted by Gasteiger charge is -2.29. The van der Waals surface area contributed by atoms with Gasteiger partial charge in [-0.15, -0.1) is 0 Å². The second kappa shape index (κ2) is 10.0. The van der Waals surface area contributed by atoms with Gasteiger partial charge in [-0.25, -0.2) is 9.96 Å². The number of benzene rings is 3. The van der Waals surface area contributed by atoms with Crippen molar-refractivity contribution in [3.8, 4) is 17.2 Å². The van der Waals surface area contributed by atoms with Gasteiger partial charge in [-0.05, 0) is 49.4 Å². The minimum Gasteiger partial charge on any atom is -0.494 e. The van der Waals surface area contributed by atoms with E-state index in [1.54, 1.807) is 54.6 Å². The number of imide groups is 1. The van der Waals surface area contributed by atoms with Gasteiger partial charge in [0.15, 0.2) is 17.6 Å². The van der Waals surface area contributed by atoms with E-state index in [0.29, 0.717) is 23.7 Å². The predicted molar refractivity (Wildman–Crippen MR) is 136 cm³/mol. The molecule has 0 aromatic heterocycles. The summed E-state index contributed by atoms with van der Waals surface area (Å²) in [7, 11) is 2.79. The van der Waals surface area contributed by atoms with Crippen LogP contribution in [0.2, 0.25) is 0 Å². The van der Waals surface area contributed by atoms with E-state index in [1.807, 2.05) is 6.92 Å². The van der Waals surface area contributed by atoms with Crippen LogP contribution >= 0.6 is 0 Å². The molecule has 11 nitrogen and oxygen atoms in total. The number of ether oxygens (including phenoxy) is 3. The van der Waals surface area contributed by atoms with Crippen LogP contribution in [-0.4, -0.2) is 43.7 Å². The lowest BCUT2D eigenvalue weighted by atomic mass is 9.89. The Hall–Kier alpha value is -4.64. The highest BCUT2D eigenvalue weighted by Crippen LogP contribution is 2.51. The van der Waals surface area contributed by atoms with Crippen molar-refractivity contribution in [3.05, 3.63) is 82.4 Å². The maximum absolute atomic E-state index is 13.9. The van der Waals surface area contributed by atoms with Crippen molar-refractivity contribution in [2.75, 3.05) is 30.8 Å². The molecular weight excluding hydrogens is 494 g/mol. The largest absolute Gasteiger partial charge is 0.494 e. The fourth-order valence-electron chi connectivity index (χ4n) is 4.92. The van der Waals surface area contributed by atoms with Gasteiger partial charge in [0.25, 0.3) is 11.6 Å². The van der Waals surface area contributed by atoms with Gasteiger partial charge in [-0.2, -0.15) is 0 Å². The quantitative estimate of drug-likeness (QED) is 0.246. The molecule has 2 amide bonds. The Balaban J connectivity index is 1.63. The summed E-state index contributed by atoms with van der Waals surface area (Å²) in [6.45, 7) is 2.33. The summed E-state index contributed by atoms with van der Waals surface area (Å²) in [5, 5.41) is 13.6. The van der Waals surface area contributed by atoms with Crippen molar-refractivity contribution < 1.29 is 33.6 Å². The van der Waals surface area contributed by atoms with E-state index in [4.69, 9.17) is 19.0 Å². The molecule has 2 saturated heterocycles. The fraction of sp³-hybridized carbons (Fsp3) is 0.259. The molecule has 11 heteroatoms. The van der Waals surface area contributed by atoms with Gasteiger partial charge in [0.2, 0.25) is 5.91 Å². The Bertz CT molecular complexity index is 1380. The maximum Gasteiger partial charge on any atom is 0.278 e. The summed E-state index contributed by atoms with van der Waals surface area (Å²) < 4.78 is 16.1. The molecule has 3 aromatic rings. The SMILES string of the molecule is CCOc1ccc(N2C(=O)[C@@H]3[C@@H](c4cc(OC)c(OC)cc4[N+](=O)[O-])N(c4ccccc4)O[C@H]3C2=O)cc1. The topological polar surface area (TPSA) is 121 Å². The Morgan fingerprint density at radius 3 is 2.18 bits per heavy atom. The van der Waals surface area contributed by atoms with Crippen LogP contribution in [0.5, 0.6) is 17.2 Å². The van der Waals surface area contributed by atoms with E-state index < -0.39 is 34.8 Å². The average molecular weight is 520 g/mol. The number of para-hydroxylation sites is 1. The number of fused-ring (bicyclic) bond motifs is 1. The second-order valence-corrected chi connectivity index (χ2v) is 8.62. The number of hydrogen-bond acceptors (Lipinski definition) is 9. The van der Waals surface area contributed by atoms with Crippen LogP contribution in [0.4, 0.5) is 17.1 Å². The molecule has 38 heavy (non-hydrogen) atoms. The van der Waals surface area contributed by atoms with E-state index in [9.17, 15) is 19.7 Å². The normalized spacial score (nSPS) is 20.4. The summed E-state index contributed by atoms with van der Waals surface area (Å²) in [6.07, 6.45) is -1.19. The van der Waals surface area contributed by atoms with Gasteiger partial charge < -0.3 is 14.2 Å². The molecular formula is C27H25N3O8. The molecule has 0 aliphatic carbocycles. The van der Waals surface area contributed by atoms with Crippen LogP contribution in [0.1, 0.15) is 18.5 Å². The third-order valence-corrected chi connectivity index (χ3v) is 6.58. The van der Waals surface area contributed by atoms with Crippen molar-refractivity contribution in [1.29, 1.82) is 0 Å². The van der Waals surface area contributed by atoms with Crippen LogP contribution in [0.25, 0.3) is 0 Å². The molecule has 0 radical (unpaired) electrons. The summed E-state index contributed by atoms with van der Waals surface area (Å²) >= 11 is 0. The van der Waals surface area contributed by atoms with Crippen LogP contribution in [0, 0.1) is 16.0 Å². The lowest BCUT2D eigenvalue weighted by molar-refractivity contribution is -0.385. The van der Waals surface area contributed by atoms with Gasteiger partial charge in [0.1, 0.15) is 17.7 Å². The van der Waals surface area contributed by atoms with Crippen LogP contribution in [0.15, 0.2) is 66.7 Å². The fourth-order valence-corrected chi connectivity index (χ4v) is 4.92. The number of methoxy groups -OCH3 is 2. The molecule has 2 aliphatic rings. The minimum atomic E-state index is -1.19. The first kappa shape index (κ1) is 25.0. The Morgan fingerprint density at radius 1 is 0.921 bits per heavy atom. The van der Waals surface area contributed by atoms with Gasteiger partial charge in [0, 0.05) is 0 Å². The Morgan fingerprint density at radius 2 is 1.58 bits per heavy atom. The van der Waals surface area contributed by atoms with Crippen molar-refractivity contribution >= 4 is 28.9 Å². The monoisotopic (exact) mass is 519 g/mol. The highest BCUT2D eigenvalue weighted by Gasteiger charge is 2.61. The van der Waals surface area contributed by atoms with E-state index in [1.165, 1.54) is 31.4 Å². The van der Waals surface area contributed by atoms with Crippen LogP contribution in [-0.2, 0) is 14.4 Å². The molecule has 2 fully saturated rings. The van der Waals surface area contributed by atoms with E-state index in [2.05, 4.69) is 0 Å². The van der Waals surface area contributed by atoms with E-state index in [0.717, 1.165) is 4.90 Å². The molecule has 3 aromatic carbocycles. The minimum absolute atomic E-state index is 0.152. The number of amides is 2. The summed E-state index contributed by atoms with van der Waals surface area (Å²) in [6, 6.07) is 17.1. The number of hydrogen-bond donors (Lipinski definition) is 0. The zero-order valence-electron chi connectivity index (χ0n) is 20.9. The van der Waals surface area contributed by atoms with Gasteiger partial charge in [-0.1, -0.05) is 18.2 Å². The lowest BCUT2D eigenvalue weighted by Crippen LogP contribution is -2.37. The zero-order valence-corrected chi connectivity index (χ0v) is 20.9. The highest BCUT2D eigenvalue weighted by atomic mass is 16.7. The van der Waals surface area contributed by atoms with Gasteiger partial charge in [-0.3, -0.25) is 24.5 Å². The molecule has 5 rings (SSSR count). The molecule has 0 bridgehead atoms. The number of nitro groups is 1. The maximum atomic E-state index is 13.9. The molecule has 2 aliphatic heterocycles. The zero-order chi connectivity index (χ0) is 27.0. The standard InChI is InChI=1S/C27H25N3O8/c1-4-37-18-12-10-16(11-13-18)28-26(31)23-24(19-14-21(35-2)22(36-3)15-20(19)30(33)34)29(38-25(23)27(28)32)17-8-6-5-7-9-17/h5-15,23-25H,4H2,1-3H3/t23-,24-,25-/m1/s1. The number of rotatable bonds is 8. The van der Waals surface area contributed by atoms with Crippen molar-refractivity contribution in [3.63, 3.8) is 0 Å². The van der Waals surface area contributed by atoms with Gasteiger partial charge in [0.05, 0.1) is 48.8 Å². The number of nitro benzene ring substituents is 1. The molecule has 196 valence electrons. The number of anilines is 2. The summed E-state index contributed by atoms with van der Waals surface area (Å²) in [5.74, 6) is -1.15. The third-order valence-electron chi connectivity index (χ3n) is 6.58.